The van der Waals surface area contributed by atoms with Crippen LogP contribution in [0.2, 0.25) is 0 Å². The topological polar surface area (TPSA) is 65.7 Å². The molecule has 0 unspecified atom stereocenters. The van der Waals surface area contributed by atoms with Crippen molar-refractivity contribution in [3.63, 3.8) is 0 Å². The number of hydrogen-bond donors (Lipinski definition) is 0. The first-order chi connectivity index (χ1) is 18.4. The van der Waals surface area contributed by atoms with E-state index in [4.69, 9.17) is 14.5 Å². The smallest absolute Gasteiger partial charge is 0.282 e. The van der Waals surface area contributed by atoms with Gasteiger partial charge in [-0.1, -0.05) is 47.3 Å². The van der Waals surface area contributed by atoms with Gasteiger partial charge in [0.2, 0.25) is 0 Å². The highest BCUT2D eigenvalue weighted by Crippen LogP contribution is 2.35. The van der Waals surface area contributed by atoms with E-state index in [2.05, 4.69) is 43.6 Å². The van der Waals surface area contributed by atoms with Crippen molar-refractivity contribution in [2.45, 2.75) is 44.6 Å². The van der Waals surface area contributed by atoms with Crippen molar-refractivity contribution in [3.05, 3.63) is 95.8 Å². The molecule has 196 valence electrons. The Balaban J connectivity index is 1.49. The van der Waals surface area contributed by atoms with Gasteiger partial charge >= 0.3 is 0 Å². The standard InChI is InChI=1S/C29H26BrFIN3O3/c1-37-26-14-19(13-24(32)27(26)38-17-18-6-5-9-22(31)12-18)16-33-35-28(20-7-3-2-4-8-20)34-25-11-10-21(30)15-23(25)29(35)36/h5-6,9-16,20H,2-4,7-8,17H2,1H3. The first kappa shape index (κ1) is 26.8. The van der Waals surface area contributed by atoms with Crippen LogP contribution >= 0.6 is 38.5 Å². The molecule has 0 atom stereocenters. The van der Waals surface area contributed by atoms with Crippen LogP contribution in [0, 0.1) is 9.39 Å². The van der Waals surface area contributed by atoms with E-state index in [1.165, 1.54) is 23.2 Å². The normalized spacial score (nSPS) is 14.3. The summed E-state index contributed by atoms with van der Waals surface area (Å²) in [5.41, 5.74) is 1.96. The molecule has 6 nitrogen and oxygen atoms in total. The van der Waals surface area contributed by atoms with Crippen molar-refractivity contribution < 1.29 is 13.9 Å². The molecule has 1 fully saturated rings. The molecule has 0 aliphatic heterocycles. The zero-order valence-electron chi connectivity index (χ0n) is 20.8. The van der Waals surface area contributed by atoms with Crippen molar-refractivity contribution in [2.75, 3.05) is 7.11 Å². The number of ether oxygens (including phenoxy) is 2. The Morgan fingerprint density at radius 3 is 2.74 bits per heavy atom. The van der Waals surface area contributed by atoms with E-state index in [0.29, 0.717) is 28.2 Å². The molecule has 0 saturated heterocycles. The zero-order chi connectivity index (χ0) is 26.6. The number of benzene rings is 3. The lowest BCUT2D eigenvalue weighted by molar-refractivity contribution is 0.282. The highest BCUT2D eigenvalue weighted by molar-refractivity contribution is 14.1. The molecule has 4 aromatic rings. The van der Waals surface area contributed by atoms with Crippen molar-refractivity contribution in [3.8, 4) is 11.5 Å². The molecule has 1 heterocycles. The number of fused-ring (bicyclic) bond motifs is 1. The summed E-state index contributed by atoms with van der Waals surface area (Å²) >= 11 is 5.64. The summed E-state index contributed by atoms with van der Waals surface area (Å²) in [6.45, 7) is 0.204. The fourth-order valence-electron chi connectivity index (χ4n) is 4.76. The molecule has 1 aliphatic rings. The lowest BCUT2D eigenvalue weighted by Crippen LogP contribution is -2.25. The predicted molar refractivity (Wildman–Crippen MR) is 159 cm³/mol. The molecule has 0 radical (unpaired) electrons. The summed E-state index contributed by atoms with van der Waals surface area (Å²) in [6, 6.07) is 15.6. The highest BCUT2D eigenvalue weighted by atomic mass is 127. The number of halogens is 3. The second-order valence-electron chi connectivity index (χ2n) is 9.28. The average Bonchev–Trinajstić information content (AvgIpc) is 2.92. The number of hydrogen-bond acceptors (Lipinski definition) is 5. The first-order valence-corrected chi connectivity index (χ1v) is 14.3. The van der Waals surface area contributed by atoms with Crippen LogP contribution in [-0.2, 0) is 6.61 Å². The van der Waals surface area contributed by atoms with Gasteiger partial charge in [-0.05, 0) is 89.0 Å². The van der Waals surface area contributed by atoms with Gasteiger partial charge in [0.1, 0.15) is 18.2 Å². The van der Waals surface area contributed by atoms with Crippen LogP contribution in [-0.4, -0.2) is 23.0 Å². The van der Waals surface area contributed by atoms with Crippen LogP contribution in [0.4, 0.5) is 4.39 Å². The van der Waals surface area contributed by atoms with E-state index in [0.717, 1.165) is 44.9 Å². The van der Waals surface area contributed by atoms with Crippen molar-refractivity contribution in [2.24, 2.45) is 5.10 Å². The van der Waals surface area contributed by atoms with Gasteiger partial charge < -0.3 is 9.47 Å². The maximum absolute atomic E-state index is 13.6. The molecule has 0 N–H and O–H groups in total. The van der Waals surface area contributed by atoms with Crippen molar-refractivity contribution >= 4 is 55.6 Å². The maximum atomic E-state index is 13.6. The van der Waals surface area contributed by atoms with Gasteiger partial charge in [-0.3, -0.25) is 4.79 Å². The summed E-state index contributed by atoms with van der Waals surface area (Å²) in [6.07, 6.45) is 7.08. The van der Waals surface area contributed by atoms with Gasteiger partial charge in [-0.15, -0.1) is 0 Å². The predicted octanol–water partition coefficient (Wildman–Crippen LogP) is 7.42. The molecular weight excluding hydrogens is 664 g/mol. The van der Waals surface area contributed by atoms with Crippen LogP contribution in [0.1, 0.15) is 55.0 Å². The number of nitrogens with zero attached hydrogens (tertiary/aromatic N) is 3. The lowest BCUT2D eigenvalue weighted by atomic mass is 9.88. The molecule has 0 amide bonds. The SMILES string of the molecule is COc1cc(C=Nn2c(C3CCCCC3)nc3ccc(Br)cc3c2=O)cc(I)c1OCc1cccc(F)c1. The fraction of sp³-hybridized carbons (Fsp3) is 0.276. The Morgan fingerprint density at radius 2 is 1.97 bits per heavy atom. The van der Waals surface area contributed by atoms with Crippen molar-refractivity contribution in [1.82, 2.24) is 9.66 Å². The minimum Gasteiger partial charge on any atom is -0.493 e. The molecule has 1 saturated carbocycles. The van der Waals surface area contributed by atoms with Crippen LogP contribution in [0.15, 0.2) is 69.0 Å². The van der Waals surface area contributed by atoms with Crippen LogP contribution in [0.3, 0.4) is 0 Å². The molecule has 1 aromatic heterocycles. The van der Waals surface area contributed by atoms with Gasteiger partial charge in [0, 0.05) is 10.4 Å². The minimum atomic E-state index is -0.308. The van der Waals surface area contributed by atoms with Gasteiger partial charge in [0.25, 0.3) is 5.56 Å². The quantitative estimate of drug-likeness (QED) is 0.150. The van der Waals surface area contributed by atoms with Crippen LogP contribution in [0.5, 0.6) is 11.5 Å². The third kappa shape index (κ3) is 5.93. The summed E-state index contributed by atoms with van der Waals surface area (Å²) in [4.78, 5) is 18.5. The van der Waals surface area contributed by atoms with Crippen molar-refractivity contribution in [1.29, 1.82) is 0 Å². The Bertz CT molecular complexity index is 1570. The molecule has 0 bridgehead atoms. The largest absolute Gasteiger partial charge is 0.493 e. The third-order valence-corrected chi connectivity index (χ3v) is 7.94. The first-order valence-electron chi connectivity index (χ1n) is 12.4. The van der Waals surface area contributed by atoms with Gasteiger partial charge in [0.05, 0.1) is 27.8 Å². The van der Waals surface area contributed by atoms with Gasteiger partial charge in [-0.25, -0.2) is 9.37 Å². The molecular formula is C29H26BrFIN3O3. The highest BCUT2D eigenvalue weighted by Gasteiger charge is 2.22. The summed E-state index contributed by atoms with van der Waals surface area (Å²) < 4.78 is 28.2. The molecule has 5 rings (SSSR count). The number of methoxy groups -OCH3 is 1. The average molecular weight is 690 g/mol. The zero-order valence-corrected chi connectivity index (χ0v) is 24.5. The monoisotopic (exact) mass is 689 g/mol. The van der Waals surface area contributed by atoms with E-state index in [-0.39, 0.29) is 23.9 Å². The fourth-order valence-corrected chi connectivity index (χ4v) is 5.91. The Kier molecular flexibility index (Phi) is 8.42. The minimum absolute atomic E-state index is 0.190. The number of rotatable bonds is 7. The molecule has 38 heavy (non-hydrogen) atoms. The van der Waals surface area contributed by atoms with Gasteiger partial charge in [-0.2, -0.15) is 9.78 Å². The third-order valence-electron chi connectivity index (χ3n) is 6.65. The van der Waals surface area contributed by atoms with E-state index < -0.39 is 0 Å². The summed E-state index contributed by atoms with van der Waals surface area (Å²) in [7, 11) is 1.57. The van der Waals surface area contributed by atoms with E-state index in [9.17, 15) is 9.18 Å². The lowest BCUT2D eigenvalue weighted by Gasteiger charge is -2.22. The maximum Gasteiger partial charge on any atom is 0.282 e. The summed E-state index contributed by atoms with van der Waals surface area (Å²) in [5.74, 6) is 1.67. The molecule has 3 aromatic carbocycles. The molecule has 9 heteroatoms. The Hall–Kier alpha value is -2.79. The second kappa shape index (κ2) is 11.9. The van der Waals surface area contributed by atoms with E-state index >= 15 is 0 Å². The van der Waals surface area contributed by atoms with E-state index in [1.807, 2.05) is 24.3 Å². The van der Waals surface area contributed by atoms with Gasteiger partial charge in [0.15, 0.2) is 11.5 Å². The van der Waals surface area contributed by atoms with E-state index in [1.54, 1.807) is 31.5 Å². The molecule has 0 spiro atoms. The second-order valence-corrected chi connectivity index (χ2v) is 11.4. The number of aromatic nitrogens is 2. The van der Waals surface area contributed by atoms with Crippen LogP contribution < -0.4 is 15.0 Å². The Morgan fingerprint density at radius 1 is 1.16 bits per heavy atom. The molecule has 1 aliphatic carbocycles. The summed E-state index contributed by atoms with van der Waals surface area (Å²) in [5, 5.41) is 5.16. The Labute approximate surface area is 242 Å². The van der Waals surface area contributed by atoms with Crippen LogP contribution in [0.25, 0.3) is 10.9 Å².